The van der Waals surface area contributed by atoms with E-state index in [1.807, 2.05) is 6.92 Å². The highest BCUT2D eigenvalue weighted by Gasteiger charge is 2.22. The van der Waals surface area contributed by atoms with Gasteiger partial charge in [0.2, 0.25) is 0 Å². The van der Waals surface area contributed by atoms with E-state index in [-0.39, 0.29) is 6.10 Å². The van der Waals surface area contributed by atoms with Gasteiger partial charge in [-0.15, -0.1) is 0 Å². The van der Waals surface area contributed by atoms with Crippen molar-refractivity contribution in [3.63, 3.8) is 0 Å². The zero-order valence-electron chi connectivity index (χ0n) is 9.28. The van der Waals surface area contributed by atoms with E-state index in [1.165, 1.54) is 25.7 Å². The maximum atomic E-state index is 9.41. The molecule has 0 aromatic carbocycles. The van der Waals surface area contributed by atoms with Gasteiger partial charge in [0.1, 0.15) is 0 Å². The number of rotatable bonds is 6. The molecule has 3 N–H and O–H groups in total. The Bertz CT molecular complexity index is 144. The number of hydrogen-bond donors (Lipinski definition) is 2. The van der Waals surface area contributed by atoms with Crippen molar-refractivity contribution in [2.24, 2.45) is 5.73 Å². The fourth-order valence-corrected chi connectivity index (χ4v) is 2.33. The highest BCUT2D eigenvalue weighted by Crippen LogP contribution is 2.23. The SMILES string of the molecule is CC(O)CN(CCCN)C1CCCC1. The van der Waals surface area contributed by atoms with Crippen LogP contribution in [0.15, 0.2) is 0 Å². The van der Waals surface area contributed by atoms with Gasteiger partial charge in [0.15, 0.2) is 0 Å². The molecular weight excluding hydrogens is 176 g/mol. The molecule has 3 nitrogen and oxygen atoms in total. The third kappa shape index (κ3) is 3.95. The number of nitrogens with zero attached hydrogens (tertiary/aromatic N) is 1. The molecular formula is C11H24N2O. The zero-order valence-corrected chi connectivity index (χ0v) is 9.28. The summed E-state index contributed by atoms with van der Waals surface area (Å²) in [6.45, 7) is 4.48. The molecule has 1 atom stereocenters. The summed E-state index contributed by atoms with van der Waals surface area (Å²) in [6.07, 6.45) is 6.14. The summed E-state index contributed by atoms with van der Waals surface area (Å²) in [7, 11) is 0. The van der Waals surface area contributed by atoms with Gasteiger partial charge in [-0.25, -0.2) is 0 Å². The Morgan fingerprint density at radius 2 is 2.07 bits per heavy atom. The lowest BCUT2D eigenvalue weighted by atomic mass is 10.2. The van der Waals surface area contributed by atoms with E-state index in [9.17, 15) is 5.11 Å². The zero-order chi connectivity index (χ0) is 10.4. The summed E-state index contributed by atoms with van der Waals surface area (Å²) >= 11 is 0. The lowest BCUT2D eigenvalue weighted by molar-refractivity contribution is 0.0985. The predicted octanol–water partition coefficient (Wildman–Crippen LogP) is 0.961. The molecule has 1 aliphatic rings. The minimum Gasteiger partial charge on any atom is -0.392 e. The van der Waals surface area contributed by atoms with E-state index in [0.29, 0.717) is 6.04 Å². The molecule has 0 spiro atoms. The Kier molecular flexibility index (Phi) is 5.45. The van der Waals surface area contributed by atoms with Crippen LogP contribution in [-0.2, 0) is 0 Å². The molecule has 84 valence electrons. The summed E-state index contributed by atoms with van der Waals surface area (Å²) in [5.41, 5.74) is 5.52. The minimum atomic E-state index is -0.214. The molecule has 1 aliphatic carbocycles. The lowest BCUT2D eigenvalue weighted by Crippen LogP contribution is -2.39. The normalized spacial score (nSPS) is 20.6. The molecule has 3 heteroatoms. The fraction of sp³-hybridized carbons (Fsp3) is 1.00. The topological polar surface area (TPSA) is 49.5 Å². The van der Waals surface area contributed by atoms with Crippen molar-refractivity contribution in [2.45, 2.75) is 51.2 Å². The molecule has 0 aromatic heterocycles. The molecule has 14 heavy (non-hydrogen) atoms. The first kappa shape index (κ1) is 12.0. The summed E-state index contributed by atoms with van der Waals surface area (Å²) in [4.78, 5) is 2.42. The smallest absolute Gasteiger partial charge is 0.0639 e. The third-order valence-electron chi connectivity index (χ3n) is 2.99. The van der Waals surface area contributed by atoms with E-state index < -0.39 is 0 Å². The molecule has 0 aliphatic heterocycles. The van der Waals surface area contributed by atoms with Gasteiger partial charge in [0.05, 0.1) is 6.10 Å². The van der Waals surface area contributed by atoms with Crippen LogP contribution in [0, 0.1) is 0 Å². The molecule has 1 rings (SSSR count). The quantitative estimate of drug-likeness (QED) is 0.671. The van der Waals surface area contributed by atoms with Gasteiger partial charge < -0.3 is 10.8 Å². The monoisotopic (exact) mass is 200 g/mol. The van der Waals surface area contributed by atoms with E-state index in [1.54, 1.807) is 0 Å². The van der Waals surface area contributed by atoms with Crippen LogP contribution >= 0.6 is 0 Å². The molecule has 0 radical (unpaired) electrons. The van der Waals surface area contributed by atoms with Crippen molar-refractivity contribution in [2.75, 3.05) is 19.6 Å². The van der Waals surface area contributed by atoms with Gasteiger partial charge in [-0.05, 0) is 39.3 Å². The lowest BCUT2D eigenvalue weighted by Gasteiger charge is -2.29. The maximum Gasteiger partial charge on any atom is 0.0639 e. The number of aliphatic hydroxyl groups excluding tert-OH is 1. The van der Waals surface area contributed by atoms with E-state index >= 15 is 0 Å². The highest BCUT2D eigenvalue weighted by molar-refractivity contribution is 4.78. The second-order valence-electron chi connectivity index (χ2n) is 4.42. The number of aliphatic hydroxyl groups is 1. The highest BCUT2D eigenvalue weighted by atomic mass is 16.3. The van der Waals surface area contributed by atoms with Crippen LogP contribution in [0.4, 0.5) is 0 Å². The average molecular weight is 200 g/mol. The van der Waals surface area contributed by atoms with Crippen LogP contribution in [-0.4, -0.2) is 41.8 Å². The third-order valence-corrected chi connectivity index (χ3v) is 2.99. The van der Waals surface area contributed by atoms with Crippen LogP contribution in [0.2, 0.25) is 0 Å². The number of hydrogen-bond acceptors (Lipinski definition) is 3. The maximum absolute atomic E-state index is 9.41. The van der Waals surface area contributed by atoms with Gasteiger partial charge >= 0.3 is 0 Å². The summed E-state index contributed by atoms with van der Waals surface area (Å²) in [5.74, 6) is 0. The Morgan fingerprint density at radius 3 is 2.57 bits per heavy atom. The first-order chi connectivity index (χ1) is 6.74. The van der Waals surface area contributed by atoms with Crippen LogP contribution in [0.3, 0.4) is 0 Å². The Hall–Kier alpha value is -0.120. The summed E-state index contributed by atoms with van der Waals surface area (Å²) in [5, 5.41) is 9.41. The molecule has 1 unspecified atom stereocenters. The van der Waals surface area contributed by atoms with E-state index in [2.05, 4.69) is 4.90 Å². The van der Waals surface area contributed by atoms with Crippen LogP contribution in [0.25, 0.3) is 0 Å². The van der Waals surface area contributed by atoms with Crippen molar-refractivity contribution >= 4 is 0 Å². The first-order valence-electron chi connectivity index (χ1n) is 5.86. The minimum absolute atomic E-state index is 0.214. The standard InChI is InChI=1S/C11H24N2O/c1-10(14)9-13(8-4-7-12)11-5-2-3-6-11/h10-11,14H,2-9,12H2,1H3. The van der Waals surface area contributed by atoms with Crippen LogP contribution < -0.4 is 5.73 Å². The van der Waals surface area contributed by atoms with Gasteiger partial charge in [-0.2, -0.15) is 0 Å². The molecule has 1 saturated carbocycles. The van der Waals surface area contributed by atoms with Gasteiger partial charge in [-0.3, -0.25) is 4.90 Å². The van der Waals surface area contributed by atoms with E-state index in [0.717, 1.165) is 26.1 Å². The predicted molar refractivity (Wildman–Crippen MR) is 59.2 cm³/mol. The Labute approximate surface area is 87.3 Å². The van der Waals surface area contributed by atoms with E-state index in [4.69, 9.17) is 5.73 Å². The molecule has 0 bridgehead atoms. The van der Waals surface area contributed by atoms with Crippen molar-refractivity contribution < 1.29 is 5.11 Å². The van der Waals surface area contributed by atoms with Crippen molar-refractivity contribution in [3.05, 3.63) is 0 Å². The second-order valence-corrected chi connectivity index (χ2v) is 4.42. The van der Waals surface area contributed by atoms with Crippen molar-refractivity contribution in [1.29, 1.82) is 0 Å². The van der Waals surface area contributed by atoms with Crippen molar-refractivity contribution in [1.82, 2.24) is 4.90 Å². The Balaban J connectivity index is 2.34. The number of nitrogens with two attached hydrogens (primary N) is 1. The molecule has 1 fully saturated rings. The summed E-state index contributed by atoms with van der Waals surface area (Å²) in [6, 6.07) is 0.705. The first-order valence-corrected chi connectivity index (χ1v) is 5.86. The Morgan fingerprint density at radius 1 is 1.43 bits per heavy atom. The molecule has 0 aromatic rings. The summed E-state index contributed by atoms with van der Waals surface area (Å²) < 4.78 is 0. The second kappa shape index (κ2) is 6.38. The van der Waals surface area contributed by atoms with Crippen LogP contribution in [0.5, 0.6) is 0 Å². The van der Waals surface area contributed by atoms with Gasteiger partial charge in [0, 0.05) is 12.6 Å². The van der Waals surface area contributed by atoms with Crippen LogP contribution in [0.1, 0.15) is 39.0 Å². The van der Waals surface area contributed by atoms with Crippen molar-refractivity contribution in [3.8, 4) is 0 Å². The largest absolute Gasteiger partial charge is 0.392 e. The average Bonchev–Trinajstić information content (AvgIpc) is 2.64. The van der Waals surface area contributed by atoms with Gasteiger partial charge in [-0.1, -0.05) is 12.8 Å². The fourth-order valence-electron chi connectivity index (χ4n) is 2.33. The van der Waals surface area contributed by atoms with Gasteiger partial charge in [0.25, 0.3) is 0 Å². The molecule has 0 saturated heterocycles. The molecule has 0 amide bonds. The molecule has 0 heterocycles.